The van der Waals surface area contributed by atoms with Crippen LogP contribution in [-0.2, 0) is 9.53 Å². The van der Waals surface area contributed by atoms with Gasteiger partial charge in [0.1, 0.15) is 11.8 Å². The number of para-hydroxylation sites is 1. The van der Waals surface area contributed by atoms with Crippen LogP contribution in [0.1, 0.15) is 30.8 Å². The summed E-state index contributed by atoms with van der Waals surface area (Å²) >= 11 is 0. The number of amides is 2. The Bertz CT molecular complexity index is 714. The predicted molar refractivity (Wildman–Crippen MR) is 96.5 cm³/mol. The standard InChI is InChI=1S/C19H25N3O3/c1-3-17(25-4-2)19(24)22-11-9-21(10-12-22)18(23)16-13-14-7-5-6-8-15(14)20-16/h5-8,13,17,20H,3-4,9-12H2,1-2H3. The van der Waals surface area contributed by atoms with Crippen LogP contribution in [0.3, 0.4) is 0 Å². The zero-order valence-electron chi connectivity index (χ0n) is 14.8. The maximum Gasteiger partial charge on any atom is 0.270 e. The monoisotopic (exact) mass is 343 g/mol. The number of nitrogens with one attached hydrogen (secondary N) is 1. The van der Waals surface area contributed by atoms with E-state index < -0.39 is 0 Å². The van der Waals surface area contributed by atoms with Gasteiger partial charge in [-0.2, -0.15) is 0 Å². The van der Waals surface area contributed by atoms with Crippen molar-refractivity contribution in [3.63, 3.8) is 0 Å². The maximum atomic E-state index is 12.7. The van der Waals surface area contributed by atoms with E-state index in [-0.39, 0.29) is 17.9 Å². The molecule has 0 spiro atoms. The molecule has 6 nitrogen and oxygen atoms in total. The molecule has 3 rings (SSSR count). The lowest BCUT2D eigenvalue weighted by Crippen LogP contribution is -2.53. The Morgan fingerprint density at radius 3 is 2.44 bits per heavy atom. The van der Waals surface area contributed by atoms with Crippen molar-refractivity contribution in [2.24, 2.45) is 0 Å². The molecule has 1 fully saturated rings. The number of carbonyl (C=O) groups is 2. The normalized spacial score (nSPS) is 16.2. The number of nitrogens with zero attached hydrogens (tertiary/aromatic N) is 2. The molecule has 2 heterocycles. The summed E-state index contributed by atoms with van der Waals surface area (Å²) in [7, 11) is 0. The summed E-state index contributed by atoms with van der Waals surface area (Å²) < 4.78 is 5.51. The molecule has 0 aliphatic carbocycles. The molecule has 1 unspecified atom stereocenters. The number of aromatic nitrogens is 1. The van der Waals surface area contributed by atoms with Crippen LogP contribution in [0.5, 0.6) is 0 Å². The molecule has 2 aromatic rings. The Kier molecular flexibility index (Phi) is 5.38. The molecule has 6 heteroatoms. The number of fused-ring (bicyclic) bond motifs is 1. The van der Waals surface area contributed by atoms with E-state index in [1.54, 1.807) is 9.80 Å². The van der Waals surface area contributed by atoms with Crippen molar-refractivity contribution in [3.05, 3.63) is 36.0 Å². The van der Waals surface area contributed by atoms with E-state index in [2.05, 4.69) is 4.98 Å². The highest BCUT2D eigenvalue weighted by Crippen LogP contribution is 2.17. The van der Waals surface area contributed by atoms with Crippen molar-refractivity contribution in [1.82, 2.24) is 14.8 Å². The van der Waals surface area contributed by atoms with E-state index in [9.17, 15) is 9.59 Å². The third-order valence-corrected chi connectivity index (χ3v) is 4.65. The van der Waals surface area contributed by atoms with Crippen LogP contribution in [0.15, 0.2) is 30.3 Å². The lowest BCUT2D eigenvalue weighted by Gasteiger charge is -2.36. The van der Waals surface area contributed by atoms with Gasteiger partial charge >= 0.3 is 0 Å². The van der Waals surface area contributed by atoms with E-state index in [4.69, 9.17) is 4.74 Å². The second-order valence-electron chi connectivity index (χ2n) is 6.24. The Hall–Kier alpha value is -2.34. The van der Waals surface area contributed by atoms with Crippen molar-refractivity contribution in [2.75, 3.05) is 32.8 Å². The molecule has 1 atom stereocenters. The summed E-state index contributed by atoms with van der Waals surface area (Å²) in [6, 6.07) is 9.73. The second-order valence-corrected chi connectivity index (χ2v) is 6.24. The van der Waals surface area contributed by atoms with Gasteiger partial charge in [0.25, 0.3) is 11.8 Å². The molecule has 1 N–H and O–H groups in total. The Labute approximate surface area is 147 Å². The zero-order chi connectivity index (χ0) is 17.8. The van der Waals surface area contributed by atoms with Crippen molar-refractivity contribution in [1.29, 1.82) is 0 Å². The van der Waals surface area contributed by atoms with Crippen molar-refractivity contribution in [2.45, 2.75) is 26.4 Å². The Morgan fingerprint density at radius 2 is 1.80 bits per heavy atom. The largest absolute Gasteiger partial charge is 0.369 e. The third-order valence-electron chi connectivity index (χ3n) is 4.65. The molecule has 0 bridgehead atoms. The fourth-order valence-corrected chi connectivity index (χ4v) is 3.26. The van der Waals surface area contributed by atoms with E-state index in [1.165, 1.54) is 0 Å². The number of hydrogen-bond acceptors (Lipinski definition) is 3. The van der Waals surface area contributed by atoms with Crippen LogP contribution in [-0.4, -0.2) is 65.5 Å². The smallest absolute Gasteiger partial charge is 0.270 e. The molecule has 1 saturated heterocycles. The van der Waals surface area contributed by atoms with E-state index in [0.717, 1.165) is 10.9 Å². The quantitative estimate of drug-likeness (QED) is 0.906. The van der Waals surface area contributed by atoms with Gasteiger partial charge in [-0.15, -0.1) is 0 Å². The fraction of sp³-hybridized carbons (Fsp3) is 0.474. The van der Waals surface area contributed by atoms with Gasteiger partial charge in [0.2, 0.25) is 0 Å². The average Bonchev–Trinajstić information content (AvgIpc) is 3.09. The van der Waals surface area contributed by atoms with Crippen LogP contribution in [0, 0.1) is 0 Å². The summed E-state index contributed by atoms with van der Waals surface area (Å²) in [5.74, 6) is 0.0159. The number of benzene rings is 1. The molecule has 0 saturated carbocycles. The Morgan fingerprint density at radius 1 is 1.12 bits per heavy atom. The number of ether oxygens (including phenoxy) is 1. The minimum atomic E-state index is -0.374. The highest BCUT2D eigenvalue weighted by atomic mass is 16.5. The van der Waals surface area contributed by atoms with Crippen LogP contribution >= 0.6 is 0 Å². The van der Waals surface area contributed by atoms with Crippen molar-refractivity contribution in [3.8, 4) is 0 Å². The van der Waals surface area contributed by atoms with Gasteiger partial charge in [0.05, 0.1) is 0 Å². The van der Waals surface area contributed by atoms with Crippen LogP contribution in [0.2, 0.25) is 0 Å². The molecule has 134 valence electrons. The number of piperazine rings is 1. The first-order valence-corrected chi connectivity index (χ1v) is 8.91. The van der Waals surface area contributed by atoms with Crippen LogP contribution in [0.4, 0.5) is 0 Å². The molecule has 1 aromatic carbocycles. The fourth-order valence-electron chi connectivity index (χ4n) is 3.26. The predicted octanol–water partition coefficient (Wildman–Crippen LogP) is 2.27. The highest BCUT2D eigenvalue weighted by molar-refractivity contribution is 5.98. The second kappa shape index (κ2) is 7.70. The van der Waals surface area contributed by atoms with E-state index in [1.807, 2.05) is 44.2 Å². The van der Waals surface area contributed by atoms with Crippen LogP contribution in [0.25, 0.3) is 10.9 Å². The molecule has 0 radical (unpaired) electrons. The van der Waals surface area contributed by atoms with Gasteiger partial charge in [0, 0.05) is 43.7 Å². The molecule has 25 heavy (non-hydrogen) atoms. The third kappa shape index (κ3) is 3.69. The summed E-state index contributed by atoms with van der Waals surface area (Å²) in [5.41, 5.74) is 1.56. The first-order chi connectivity index (χ1) is 12.1. The SMILES string of the molecule is CCOC(CC)C(=O)N1CCN(C(=O)c2cc3ccccc3[nH]2)CC1. The van der Waals surface area contributed by atoms with Gasteiger partial charge in [-0.25, -0.2) is 0 Å². The molecular weight excluding hydrogens is 318 g/mol. The van der Waals surface area contributed by atoms with E-state index >= 15 is 0 Å². The summed E-state index contributed by atoms with van der Waals surface area (Å²) in [4.78, 5) is 32.0. The molecule has 1 aliphatic heterocycles. The number of aromatic amines is 1. The molecular formula is C19H25N3O3. The lowest BCUT2D eigenvalue weighted by atomic mass is 10.2. The summed E-state index contributed by atoms with van der Waals surface area (Å²) in [6.07, 6.45) is 0.293. The topological polar surface area (TPSA) is 65.6 Å². The summed E-state index contributed by atoms with van der Waals surface area (Å²) in [5, 5.41) is 1.03. The van der Waals surface area contributed by atoms with Gasteiger partial charge < -0.3 is 19.5 Å². The highest BCUT2D eigenvalue weighted by Gasteiger charge is 2.29. The molecule has 2 amide bonds. The number of H-pyrrole nitrogens is 1. The van der Waals surface area contributed by atoms with Gasteiger partial charge in [0.15, 0.2) is 0 Å². The maximum absolute atomic E-state index is 12.7. The van der Waals surface area contributed by atoms with Gasteiger partial charge in [-0.3, -0.25) is 9.59 Å². The number of rotatable bonds is 5. The molecule has 1 aliphatic rings. The first kappa shape index (κ1) is 17.5. The van der Waals surface area contributed by atoms with Crippen molar-refractivity contribution < 1.29 is 14.3 Å². The van der Waals surface area contributed by atoms with Gasteiger partial charge in [-0.1, -0.05) is 25.1 Å². The molecule has 1 aromatic heterocycles. The minimum Gasteiger partial charge on any atom is -0.369 e. The zero-order valence-corrected chi connectivity index (χ0v) is 14.8. The summed E-state index contributed by atoms with van der Waals surface area (Å²) in [6.45, 7) is 6.57. The average molecular weight is 343 g/mol. The van der Waals surface area contributed by atoms with Gasteiger partial charge in [-0.05, 0) is 25.5 Å². The van der Waals surface area contributed by atoms with E-state index in [0.29, 0.717) is 44.9 Å². The van der Waals surface area contributed by atoms with Crippen LogP contribution < -0.4 is 0 Å². The minimum absolute atomic E-state index is 0.0138. The lowest BCUT2D eigenvalue weighted by molar-refractivity contribution is -0.145. The Balaban J connectivity index is 1.61. The first-order valence-electron chi connectivity index (χ1n) is 8.91. The number of carbonyl (C=O) groups excluding carboxylic acids is 2. The van der Waals surface area contributed by atoms with Crippen molar-refractivity contribution >= 4 is 22.7 Å². The number of hydrogen-bond donors (Lipinski definition) is 1.